The van der Waals surface area contributed by atoms with E-state index >= 15 is 0 Å². The molecule has 6 rings (SSSR count). The van der Waals surface area contributed by atoms with E-state index in [1.165, 1.54) is 6.07 Å². The zero-order valence-electron chi connectivity index (χ0n) is 17.0. The summed E-state index contributed by atoms with van der Waals surface area (Å²) in [6, 6.07) is 7.28. The topological polar surface area (TPSA) is 59.0 Å². The lowest BCUT2D eigenvalue weighted by Gasteiger charge is -2.32. The highest BCUT2D eigenvalue weighted by Crippen LogP contribution is 2.43. The molecule has 0 saturated heterocycles. The Morgan fingerprint density at radius 1 is 1.26 bits per heavy atom. The summed E-state index contributed by atoms with van der Waals surface area (Å²) in [5.41, 5.74) is 5.03. The van der Waals surface area contributed by atoms with Crippen LogP contribution in [0, 0.1) is 5.82 Å². The number of halogens is 2. The van der Waals surface area contributed by atoms with Crippen molar-refractivity contribution in [2.24, 2.45) is 0 Å². The van der Waals surface area contributed by atoms with E-state index in [1.54, 1.807) is 12.4 Å². The van der Waals surface area contributed by atoms with Crippen LogP contribution < -0.4 is 9.64 Å². The van der Waals surface area contributed by atoms with Crippen LogP contribution in [0.2, 0.25) is 5.02 Å². The lowest BCUT2D eigenvalue weighted by atomic mass is 9.93. The fourth-order valence-corrected chi connectivity index (χ4v) is 5.23. The van der Waals surface area contributed by atoms with Crippen molar-refractivity contribution in [3.05, 3.63) is 58.9 Å². The molecule has 2 aromatic carbocycles. The van der Waals surface area contributed by atoms with E-state index in [0.29, 0.717) is 17.7 Å². The normalized spacial score (nSPS) is 18.0. The molecule has 6 nitrogen and oxygen atoms in total. The summed E-state index contributed by atoms with van der Waals surface area (Å²) in [7, 11) is 2.08. The molecule has 0 saturated carbocycles. The Bertz CT molecular complexity index is 1300. The van der Waals surface area contributed by atoms with Crippen LogP contribution >= 0.6 is 11.6 Å². The Labute approximate surface area is 183 Å². The van der Waals surface area contributed by atoms with Crippen LogP contribution in [0.4, 0.5) is 10.1 Å². The van der Waals surface area contributed by atoms with Crippen molar-refractivity contribution in [1.29, 1.82) is 0 Å². The molecule has 1 N–H and O–H groups in total. The van der Waals surface area contributed by atoms with Gasteiger partial charge < -0.3 is 14.2 Å². The van der Waals surface area contributed by atoms with Gasteiger partial charge in [-0.25, -0.2) is 9.37 Å². The van der Waals surface area contributed by atoms with Gasteiger partial charge in [-0.05, 0) is 31.0 Å². The number of fused-ring (bicyclic) bond motifs is 5. The number of hydrogen-bond donors (Lipinski definition) is 1. The smallest absolute Gasteiger partial charge is 0.133 e. The van der Waals surface area contributed by atoms with E-state index in [0.717, 1.165) is 64.9 Å². The van der Waals surface area contributed by atoms with Crippen molar-refractivity contribution >= 4 is 28.3 Å². The lowest BCUT2D eigenvalue weighted by molar-refractivity contribution is 0.254. The third kappa shape index (κ3) is 2.91. The molecule has 158 valence electrons. The summed E-state index contributed by atoms with van der Waals surface area (Å²) in [4.78, 5) is 7.10. The summed E-state index contributed by atoms with van der Waals surface area (Å²) in [5, 5.41) is 7.47. The molecule has 0 fully saturated rings. The highest BCUT2D eigenvalue weighted by Gasteiger charge is 2.31. The number of aryl methyl sites for hydroxylation is 1. The summed E-state index contributed by atoms with van der Waals surface area (Å²) in [6.07, 6.45) is 5.05. The number of aromatic nitrogens is 4. The number of imidazole rings is 1. The van der Waals surface area contributed by atoms with Crippen LogP contribution in [0.1, 0.15) is 23.7 Å². The fraction of sp³-hybridized carbons (Fsp3) is 0.304. The van der Waals surface area contributed by atoms with Crippen LogP contribution in [0.15, 0.2) is 36.7 Å². The molecule has 1 atom stereocenters. The monoisotopic (exact) mass is 437 g/mol. The maximum Gasteiger partial charge on any atom is 0.133 e. The van der Waals surface area contributed by atoms with Crippen molar-refractivity contribution < 1.29 is 9.13 Å². The van der Waals surface area contributed by atoms with Crippen LogP contribution in [0.3, 0.4) is 0 Å². The van der Waals surface area contributed by atoms with Crippen molar-refractivity contribution in [3.8, 4) is 16.9 Å². The molecule has 8 heteroatoms. The van der Waals surface area contributed by atoms with Gasteiger partial charge in [0.2, 0.25) is 0 Å². The Kier molecular flexibility index (Phi) is 4.21. The first-order valence-corrected chi connectivity index (χ1v) is 10.8. The van der Waals surface area contributed by atoms with Gasteiger partial charge in [0.05, 0.1) is 40.5 Å². The molecule has 0 aliphatic carbocycles. The van der Waals surface area contributed by atoms with Gasteiger partial charge in [-0.1, -0.05) is 11.6 Å². The van der Waals surface area contributed by atoms with Gasteiger partial charge in [0, 0.05) is 49.1 Å². The van der Waals surface area contributed by atoms with Gasteiger partial charge in [0.25, 0.3) is 0 Å². The summed E-state index contributed by atoms with van der Waals surface area (Å²) < 4.78 is 23.3. The Balaban J connectivity index is 1.53. The number of nitrogens with one attached hydrogen (secondary N) is 1. The number of anilines is 1. The van der Waals surface area contributed by atoms with E-state index in [-0.39, 0.29) is 11.7 Å². The Morgan fingerprint density at radius 3 is 3.00 bits per heavy atom. The van der Waals surface area contributed by atoms with Crippen molar-refractivity contribution in [1.82, 2.24) is 19.7 Å². The van der Waals surface area contributed by atoms with E-state index in [1.807, 2.05) is 18.2 Å². The zero-order chi connectivity index (χ0) is 21.1. The SMILES string of the molecule is CN1CCCn2c(nc3cc(F)c(-c4cn[nH]c4)cc32)C2COc3ccc(Cl)c1c3C2. The number of hydrogen-bond acceptors (Lipinski definition) is 4. The van der Waals surface area contributed by atoms with Gasteiger partial charge in [0.15, 0.2) is 0 Å². The number of ether oxygens (including phenoxy) is 1. The van der Waals surface area contributed by atoms with E-state index < -0.39 is 0 Å². The second kappa shape index (κ2) is 6.99. The molecular weight excluding hydrogens is 417 g/mol. The lowest BCUT2D eigenvalue weighted by Crippen LogP contribution is -2.29. The summed E-state index contributed by atoms with van der Waals surface area (Å²) in [6.45, 7) is 2.17. The predicted molar refractivity (Wildman–Crippen MR) is 119 cm³/mol. The summed E-state index contributed by atoms with van der Waals surface area (Å²) >= 11 is 6.58. The second-order valence-electron chi connectivity index (χ2n) is 8.29. The average molecular weight is 438 g/mol. The molecule has 2 aromatic heterocycles. The van der Waals surface area contributed by atoms with E-state index in [9.17, 15) is 4.39 Å². The molecule has 2 aliphatic heterocycles. The molecule has 4 heterocycles. The number of benzene rings is 2. The number of aromatic amines is 1. The molecule has 0 spiro atoms. The van der Waals surface area contributed by atoms with Crippen LogP contribution in [0.5, 0.6) is 5.75 Å². The van der Waals surface area contributed by atoms with Gasteiger partial charge in [-0.2, -0.15) is 5.10 Å². The second-order valence-corrected chi connectivity index (χ2v) is 8.70. The average Bonchev–Trinajstić information content (AvgIpc) is 3.40. The Morgan fingerprint density at radius 2 is 2.16 bits per heavy atom. The molecule has 0 radical (unpaired) electrons. The quantitative estimate of drug-likeness (QED) is 0.465. The minimum absolute atomic E-state index is 0.0732. The van der Waals surface area contributed by atoms with Crippen LogP contribution in [0.25, 0.3) is 22.2 Å². The van der Waals surface area contributed by atoms with E-state index in [4.69, 9.17) is 21.3 Å². The fourth-order valence-electron chi connectivity index (χ4n) is 4.90. The third-order valence-electron chi connectivity index (χ3n) is 6.38. The third-order valence-corrected chi connectivity index (χ3v) is 6.68. The molecular formula is C23H21ClFN5O. The first-order chi connectivity index (χ1) is 15.1. The van der Waals surface area contributed by atoms with Crippen LogP contribution in [-0.2, 0) is 13.0 Å². The van der Waals surface area contributed by atoms with E-state index in [2.05, 4.69) is 26.7 Å². The number of rotatable bonds is 1. The zero-order valence-corrected chi connectivity index (χ0v) is 17.8. The largest absolute Gasteiger partial charge is 0.492 e. The van der Waals surface area contributed by atoms with Gasteiger partial charge >= 0.3 is 0 Å². The van der Waals surface area contributed by atoms with Gasteiger partial charge in [-0.3, -0.25) is 5.10 Å². The standard InChI is InChI=1S/C23H21ClFN5O/c1-29-5-2-6-30-20-8-15(14-10-26-27-11-14)18(25)9-19(20)28-23(30)13-7-16-21(31-12-13)4-3-17(24)22(16)29/h3-4,8-11,13H,2,5-7,12H2,1H3,(H,26,27). The van der Waals surface area contributed by atoms with Crippen molar-refractivity contribution in [2.75, 3.05) is 25.1 Å². The maximum atomic E-state index is 14.9. The highest BCUT2D eigenvalue weighted by atomic mass is 35.5. The molecule has 4 aromatic rings. The minimum atomic E-state index is -0.298. The molecule has 0 amide bonds. The number of nitrogens with zero attached hydrogens (tertiary/aromatic N) is 4. The Hall–Kier alpha value is -3.06. The predicted octanol–water partition coefficient (Wildman–Crippen LogP) is 4.78. The molecule has 2 bridgehead atoms. The summed E-state index contributed by atoms with van der Waals surface area (Å²) in [5.74, 6) is 1.61. The number of H-pyrrole nitrogens is 1. The van der Waals surface area contributed by atoms with Crippen molar-refractivity contribution in [3.63, 3.8) is 0 Å². The van der Waals surface area contributed by atoms with Crippen LogP contribution in [-0.4, -0.2) is 39.9 Å². The molecule has 2 aliphatic rings. The first-order valence-electron chi connectivity index (χ1n) is 10.4. The molecule has 1 unspecified atom stereocenters. The van der Waals surface area contributed by atoms with Gasteiger partial charge in [0.1, 0.15) is 17.4 Å². The van der Waals surface area contributed by atoms with Gasteiger partial charge in [-0.15, -0.1) is 0 Å². The minimum Gasteiger partial charge on any atom is -0.492 e. The maximum absolute atomic E-state index is 14.9. The first kappa shape index (κ1) is 18.7. The highest BCUT2D eigenvalue weighted by molar-refractivity contribution is 6.33. The van der Waals surface area contributed by atoms with Crippen molar-refractivity contribution in [2.45, 2.75) is 25.3 Å². The molecule has 31 heavy (non-hydrogen) atoms.